The molecule has 0 saturated carbocycles. The molecular formula is C16H22N4O. The van der Waals surface area contributed by atoms with E-state index in [9.17, 15) is 4.79 Å². The van der Waals surface area contributed by atoms with Gasteiger partial charge in [0.1, 0.15) is 0 Å². The molecule has 0 atom stereocenters. The highest BCUT2D eigenvalue weighted by molar-refractivity contribution is 5.77. The van der Waals surface area contributed by atoms with Gasteiger partial charge < -0.3 is 5.32 Å². The normalized spacial score (nSPS) is 10.8. The predicted molar refractivity (Wildman–Crippen MR) is 83.2 cm³/mol. The minimum atomic E-state index is 0.0524. The lowest BCUT2D eigenvalue weighted by Crippen LogP contribution is -2.35. The minimum Gasteiger partial charge on any atom is -0.358 e. The molecule has 1 amide bonds. The predicted octanol–water partition coefficient (Wildman–Crippen LogP) is 1.83. The molecule has 0 fully saturated rings. The Balaban J connectivity index is 2.01. The van der Waals surface area contributed by atoms with E-state index in [0.29, 0.717) is 6.54 Å². The maximum absolute atomic E-state index is 11.5. The maximum atomic E-state index is 11.5. The summed E-state index contributed by atoms with van der Waals surface area (Å²) >= 11 is 0. The zero-order chi connectivity index (χ0) is 15.1. The number of hydrogen-bond donors (Lipinski definition) is 1. The van der Waals surface area contributed by atoms with Crippen molar-refractivity contribution in [2.24, 2.45) is 0 Å². The molecule has 112 valence electrons. The van der Waals surface area contributed by atoms with Crippen LogP contribution < -0.4 is 5.32 Å². The summed E-state index contributed by atoms with van der Waals surface area (Å²) in [5.74, 6) is 0.0524. The second-order valence-corrected chi connectivity index (χ2v) is 5.00. The molecule has 2 aromatic rings. The molecular weight excluding hydrogens is 264 g/mol. The SMILES string of the molecule is CCCN(CC(=O)NC)Cc1ccc(-n2cccn2)cc1. The number of likely N-dealkylation sites (N-methyl/N-ethyl adjacent to an activating group) is 1. The van der Waals surface area contributed by atoms with Crippen LogP contribution in [0.5, 0.6) is 0 Å². The molecule has 0 radical (unpaired) electrons. The first kappa shape index (κ1) is 15.3. The van der Waals surface area contributed by atoms with Crippen molar-refractivity contribution in [1.29, 1.82) is 0 Å². The van der Waals surface area contributed by atoms with Crippen LogP contribution in [0.2, 0.25) is 0 Å². The van der Waals surface area contributed by atoms with Gasteiger partial charge in [0.05, 0.1) is 12.2 Å². The number of nitrogens with one attached hydrogen (secondary N) is 1. The van der Waals surface area contributed by atoms with E-state index in [0.717, 1.165) is 25.2 Å². The van der Waals surface area contributed by atoms with Gasteiger partial charge in [-0.2, -0.15) is 5.10 Å². The van der Waals surface area contributed by atoms with Crippen molar-refractivity contribution in [2.75, 3.05) is 20.1 Å². The lowest BCUT2D eigenvalue weighted by atomic mass is 10.2. The third-order valence-electron chi connectivity index (χ3n) is 3.30. The lowest BCUT2D eigenvalue weighted by molar-refractivity contribution is -0.121. The van der Waals surface area contributed by atoms with Crippen molar-refractivity contribution < 1.29 is 4.79 Å². The quantitative estimate of drug-likeness (QED) is 0.845. The fraction of sp³-hybridized carbons (Fsp3) is 0.375. The number of rotatable bonds is 7. The van der Waals surface area contributed by atoms with Crippen molar-refractivity contribution >= 4 is 5.91 Å². The first-order chi connectivity index (χ1) is 10.2. The van der Waals surface area contributed by atoms with Gasteiger partial charge in [0.2, 0.25) is 5.91 Å². The first-order valence-corrected chi connectivity index (χ1v) is 7.25. The highest BCUT2D eigenvalue weighted by atomic mass is 16.1. The van der Waals surface area contributed by atoms with Gasteiger partial charge in [-0.15, -0.1) is 0 Å². The number of carbonyl (C=O) groups excluding carboxylic acids is 1. The molecule has 2 rings (SSSR count). The van der Waals surface area contributed by atoms with Gasteiger partial charge in [-0.25, -0.2) is 4.68 Å². The summed E-state index contributed by atoms with van der Waals surface area (Å²) < 4.78 is 1.83. The summed E-state index contributed by atoms with van der Waals surface area (Å²) in [7, 11) is 1.67. The number of amides is 1. The van der Waals surface area contributed by atoms with Crippen LogP contribution in [-0.4, -0.2) is 40.7 Å². The average Bonchev–Trinajstić information content (AvgIpc) is 3.02. The third kappa shape index (κ3) is 4.43. The van der Waals surface area contributed by atoms with Gasteiger partial charge in [0.15, 0.2) is 0 Å². The van der Waals surface area contributed by atoms with Crippen molar-refractivity contribution in [3.8, 4) is 5.69 Å². The summed E-state index contributed by atoms with van der Waals surface area (Å²) in [5.41, 5.74) is 2.24. The van der Waals surface area contributed by atoms with Crippen LogP contribution in [0.1, 0.15) is 18.9 Å². The van der Waals surface area contributed by atoms with Gasteiger partial charge in [0, 0.05) is 26.0 Å². The Kier molecular flexibility index (Phi) is 5.51. The van der Waals surface area contributed by atoms with Gasteiger partial charge in [0.25, 0.3) is 0 Å². The van der Waals surface area contributed by atoms with Gasteiger partial charge in [-0.1, -0.05) is 19.1 Å². The van der Waals surface area contributed by atoms with Crippen molar-refractivity contribution in [2.45, 2.75) is 19.9 Å². The molecule has 5 heteroatoms. The van der Waals surface area contributed by atoms with Crippen LogP contribution >= 0.6 is 0 Å². The van der Waals surface area contributed by atoms with Crippen LogP contribution in [0, 0.1) is 0 Å². The van der Waals surface area contributed by atoms with Gasteiger partial charge in [-0.05, 0) is 36.7 Å². The summed E-state index contributed by atoms with van der Waals surface area (Å²) in [6.45, 7) is 4.25. The van der Waals surface area contributed by atoms with E-state index in [1.165, 1.54) is 5.56 Å². The second kappa shape index (κ2) is 7.59. The van der Waals surface area contributed by atoms with E-state index in [1.807, 2.05) is 29.1 Å². The minimum absolute atomic E-state index is 0.0524. The van der Waals surface area contributed by atoms with E-state index < -0.39 is 0 Å². The van der Waals surface area contributed by atoms with Crippen LogP contribution in [0.15, 0.2) is 42.7 Å². The van der Waals surface area contributed by atoms with Crippen LogP contribution in [0.4, 0.5) is 0 Å². The highest BCUT2D eigenvalue weighted by Crippen LogP contribution is 2.11. The molecule has 1 heterocycles. The fourth-order valence-electron chi connectivity index (χ4n) is 2.25. The monoisotopic (exact) mass is 286 g/mol. The number of benzene rings is 1. The summed E-state index contributed by atoms with van der Waals surface area (Å²) in [6, 6.07) is 10.2. The van der Waals surface area contributed by atoms with E-state index >= 15 is 0 Å². The molecule has 0 unspecified atom stereocenters. The van der Waals surface area contributed by atoms with Crippen molar-refractivity contribution in [3.63, 3.8) is 0 Å². The molecule has 0 aliphatic heterocycles. The zero-order valence-electron chi connectivity index (χ0n) is 12.6. The van der Waals surface area contributed by atoms with Crippen LogP contribution in [0.25, 0.3) is 5.69 Å². The van der Waals surface area contributed by atoms with Gasteiger partial charge >= 0.3 is 0 Å². The van der Waals surface area contributed by atoms with Crippen molar-refractivity contribution in [3.05, 3.63) is 48.3 Å². The second-order valence-electron chi connectivity index (χ2n) is 5.00. The van der Waals surface area contributed by atoms with Crippen LogP contribution in [0.3, 0.4) is 0 Å². The molecule has 21 heavy (non-hydrogen) atoms. The maximum Gasteiger partial charge on any atom is 0.233 e. The molecule has 1 aromatic heterocycles. The molecule has 0 aliphatic carbocycles. The first-order valence-electron chi connectivity index (χ1n) is 7.25. The Morgan fingerprint density at radius 3 is 2.67 bits per heavy atom. The average molecular weight is 286 g/mol. The molecule has 0 spiro atoms. The smallest absolute Gasteiger partial charge is 0.233 e. The van der Waals surface area contributed by atoms with E-state index in [1.54, 1.807) is 13.2 Å². The number of aromatic nitrogens is 2. The molecule has 1 aromatic carbocycles. The Bertz CT molecular complexity index is 548. The molecule has 5 nitrogen and oxygen atoms in total. The Labute approximate surface area is 125 Å². The Hall–Kier alpha value is -2.14. The summed E-state index contributed by atoms with van der Waals surface area (Å²) in [5, 5.41) is 6.89. The van der Waals surface area contributed by atoms with E-state index in [-0.39, 0.29) is 5.91 Å². The standard InChI is InChI=1S/C16H22N4O/c1-3-10-19(13-16(21)17-2)12-14-5-7-15(8-6-14)20-11-4-9-18-20/h4-9,11H,3,10,12-13H2,1-2H3,(H,17,21). The molecule has 1 N–H and O–H groups in total. The van der Waals surface area contributed by atoms with E-state index in [4.69, 9.17) is 0 Å². The number of carbonyl (C=O) groups is 1. The summed E-state index contributed by atoms with van der Waals surface area (Å²) in [4.78, 5) is 13.7. The zero-order valence-corrected chi connectivity index (χ0v) is 12.6. The fourth-order valence-corrected chi connectivity index (χ4v) is 2.25. The summed E-state index contributed by atoms with van der Waals surface area (Å²) in [6.07, 6.45) is 4.71. The largest absolute Gasteiger partial charge is 0.358 e. The lowest BCUT2D eigenvalue weighted by Gasteiger charge is -2.20. The third-order valence-corrected chi connectivity index (χ3v) is 3.30. The topological polar surface area (TPSA) is 50.2 Å². The highest BCUT2D eigenvalue weighted by Gasteiger charge is 2.09. The molecule has 0 saturated heterocycles. The van der Waals surface area contributed by atoms with E-state index in [2.05, 4.69) is 34.4 Å². The Morgan fingerprint density at radius 2 is 2.10 bits per heavy atom. The molecule has 0 bridgehead atoms. The van der Waals surface area contributed by atoms with Gasteiger partial charge in [-0.3, -0.25) is 9.69 Å². The van der Waals surface area contributed by atoms with Crippen LogP contribution in [-0.2, 0) is 11.3 Å². The Morgan fingerprint density at radius 1 is 1.33 bits per heavy atom. The number of nitrogens with zero attached hydrogens (tertiary/aromatic N) is 3. The molecule has 0 aliphatic rings. The van der Waals surface area contributed by atoms with Crippen molar-refractivity contribution in [1.82, 2.24) is 20.0 Å². The number of hydrogen-bond acceptors (Lipinski definition) is 3.